The molecule has 0 atom stereocenters. The fraction of sp³-hybridized carbons (Fsp3) is 0.333. The van der Waals surface area contributed by atoms with Crippen LogP contribution < -0.4 is 0 Å². The highest BCUT2D eigenvalue weighted by Crippen LogP contribution is 2.14. The highest BCUT2D eigenvalue weighted by molar-refractivity contribution is 7.99. The van der Waals surface area contributed by atoms with Crippen molar-refractivity contribution in [3.05, 3.63) is 29.5 Å². The number of thioether (sulfide) groups is 1. The van der Waals surface area contributed by atoms with Gasteiger partial charge in [0.2, 0.25) is 5.16 Å². The van der Waals surface area contributed by atoms with Gasteiger partial charge in [-0.3, -0.25) is 5.10 Å². The van der Waals surface area contributed by atoms with E-state index in [4.69, 9.17) is 4.42 Å². The molecule has 4 nitrogen and oxygen atoms in total. The SMILES string of the molecule is CCCSc1n[nH]c(C=Cc2ccc(C)o2)n1. The van der Waals surface area contributed by atoms with E-state index in [-0.39, 0.29) is 0 Å². The summed E-state index contributed by atoms with van der Waals surface area (Å²) in [6.07, 6.45) is 4.86. The van der Waals surface area contributed by atoms with Crippen molar-refractivity contribution in [2.75, 3.05) is 5.75 Å². The van der Waals surface area contributed by atoms with E-state index in [2.05, 4.69) is 22.1 Å². The van der Waals surface area contributed by atoms with Gasteiger partial charge in [-0.15, -0.1) is 5.10 Å². The molecule has 0 radical (unpaired) electrons. The Balaban J connectivity index is 1.98. The van der Waals surface area contributed by atoms with E-state index >= 15 is 0 Å². The van der Waals surface area contributed by atoms with Crippen LogP contribution in [0.25, 0.3) is 12.2 Å². The standard InChI is InChI=1S/C12H15N3OS/c1-3-8-17-12-13-11(14-15-12)7-6-10-5-4-9(2)16-10/h4-7H,3,8H2,1-2H3,(H,13,14,15). The zero-order valence-electron chi connectivity index (χ0n) is 9.93. The summed E-state index contributed by atoms with van der Waals surface area (Å²) in [5.41, 5.74) is 0. The van der Waals surface area contributed by atoms with Crippen LogP contribution in [-0.4, -0.2) is 20.9 Å². The van der Waals surface area contributed by atoms with Gasteiger partial charge in [0.1, 0.15) is 17.3 Å². The Bertz CT molecular complexity index is 501. The van der Waals surface area contributed by atoms with E-state index in [0.717, 1.165) is 34.7 Å². The topological polar surface area (TPSA) is 54.7 Å². The first-order valence-electron chi connectivity index (χ1n) is 5.57. The van der Waals surface area contributed by atoms with Gasteiger partial charge in [-0.05, 0) is 37.6 Å². The molecule has 0 aliphatic rings. The lowest BCUT2D eigenvalue weighted by molar-refractivity contribution is 0.525. The fourth-order valence-electron chi connectivity index (χ4n) is 1.29. The number of aromatic nitrogens is 3. The molecule has 2 aromatic heterocycles. The number of rotatable bonds is 5. The van der Waals surface area contributed by atoms with Gasteiger partial charge in [0, 0.05) is 5.75 Å². The molecule has 5 heteroatoms. The molecular formula is C12H15N3OS. The van der Waals surface area contributed by atoms with Crippen LogP contribution in [0.1, 0.15) is 30.7 Å². The molecule has 2 heterocycles. The Morgan fingerprint density at radius 1 is 1.41 bits per heavy atom. The molecule has 0 amide bonds. The summed E-state index contributed by atoms with van der Waals surface area (Å²) in [6.45, 7) is 4.06. The van der Waals surface area contributed by atoms with E-state index in [1.54, 1.807) is 11.8 Å². The van der Waals surface area contributed by atoms with Crippen LogP contribution in [-0.2, 0) is 0 Å². The van der Waals surface area contributed by atoms with Crippen molar-refractivity contribution in [2.24, 2.45) is 0 Å². The quantitative estimate of drug-likeness (QED) is 0.825. The maximum atomic E-state index is 5.42. The van der Waals surface area contributed by atoms with Crippen molar-refractivity contribution < 1.29 is 4.42 Å². The lowest BCUT2D eigenvalue weighted by Crippen LogP contribution is -1.78. The van der Waals surface area contributed by atoms with Gasteiger partial charge in [0.05, 0.1) is 0 Å². The minimum absolute atomic E-state index is 0.748. The van der Waals surface area contributed by atoms with Gasteiger partial charge >= 0.3 is 0 Å². The van der Waals surface area contributed by atoms with Crippen LogP contribution in [0.5, 0.6) is 0 Å². The Kier molecular flexibility index (Phi) is 4.03. The Morgan fingerprint density at radius 2 is 2.29 bits per heavy atom. The molecule has 1 N–H and O–H groups in total. The van der Waals surface area contributed by atoms with Crippen LogP contribution in [0.4, 0.5) is 0 Å². The van der Waals surface area contributed by atoms with Crippen LogP contribution in [0.15, 0.2) is 21.7 Å². The van der Waals surface area contributed by atoms with E-state index in [1.807, 2.05) is 31.2 Å². The number of hydrogen-bond donors (Lipinski definition) is 1. The van der Waals surface area contributed by atoms with Crippen molar-refractivity contribution in [1.29, 1.82) is 0 Å². The smallest absolute Gasteiger partial charge is 0.208 e. The van der Waals surface area contributed by atoms with Gasteiger partial charge in [-0.2, -0.15) is 0 Å². The molecule has 0 unspecified atom stereocenters. The summed E-state index contributed by atoms with van der Waals surface area (Å²) in [4.78, 5) is 4.34. The number of furan rings is 1. The minimum Gasteiger partial charge on any atom is -0.462 e. The summed E-state index contributed by atoms with van der Waals surface area (Å²) in [5, 5.41) is 7.79. The zero-order valence-corrected chi connectivity index (χ0v) is 10.8. The number of hydrogen-bond acceptors (Lipinski definition) is 4. The summed E-state index contributed by atoms with van der Waals surface area (Å²) in [6, 6.07) is 3.86. The van der Waals surface area contributed by atoms with Gasteiger partial charge in [-0.25, -0.2) is 4.98 Å². The van der Waals surface area contributed by atoms with E-state index in [9.17, 15) is 0 Å². The first-order chi connectivity index (χ1) is 8.28. The normalized spacial score (nSPS) is 11.4. The molecule has 17 heavy (non-hydrogen) atoms. The number of nitrogens with one attached hydrogen (secondary N) is 1. The summed E-state index contributed by atoms with van der Waals surface area (Å²) >= 11 is 1.66. The van der Waals surface area contributed by atoms with Crippen molar-refractivity contribution in [3.8, 4) is 0 Å². The zero-order chi connectivity index (χ0) is 12.1. The fourth-order valence-corrected chi connectivity index (χ4v) is 1.95. The van der Waals surface area contributed by atoms with Crippen LogP contribution in [0.3, 0.4) is 0 Å². The molecule has 0 aliphatic heterocycles. The molecule has 0 aliphatic carbocycles. The molecule has 0 aromatic carbocycles. The Hall–Kier alpha value is -1.49. The lowest BCUT2D eigenvalue weighted by Gasteiger charge is -1.88. The number of aryl methyl sites for hydroxylation is 1. The summed E-state index contributed by atoms with van der Waals surface area (Å²) < 4.78 is 5.42. The molecule has 90 valence electrons. The monoisotopic (exact) mass is 249 g/mol. The average Bonchev–Trinajstić information content (AvgIpc) is 2.93. The highest BCUT2D eigenvalue weighted by Gasteiger charge is 2.00. The molecule has 0 bridgehead atoms. The van der Waals surface area contributed by atoms with Crippen LogP contribution in [0, 0.1) is 6.92 Å². The maximum absolute atomic E-state index is 5.42. The van der Waals surface area contributed by atoms with Crippen molar-refractivity contribution in [2.45, 2.75) is 25.4 Å². The number of aromatic amines is 1. The van der Waals surface area contributed by atoms with Gasteiger partial charge in [0.25, 0.3) is 0 Å². The molecule has 2 aromatic rings. The molecule has 0 saturated carbocycles. The number of nitrogens with zero attached hydrogens (tertiary/aromatic N) is 2. The first-order valence-corrected chi connectivity index (χ1v) is 6.56. The average molecular weight is 249 g/mol. The molecule has 0 spiro atoms. The minimum atomic E-state index is 0.748. The lowest BCUT2D eigenvalue weighted by atomic mass is 10.4. The second-order valence-electron chi connectivity index (χ2n) is 3.63. The molecule has 0 fully saturated rings. The molecule has 2 rings (SSSR count). The van der Waals surface area contributed by atoms with E-state index < -0.39 is 0 Å². The van der Waals surface area contributed by atoms with E-state index in [0.29, 0.717) is 0 Å². The van der Waals surface area contributed by atoms with Crippen molar-refractivity contribution in [3.63, 3.8) is 0 Å². The molecule has 0 saturated heterocycles. The van der Waals surface area contributed by atoms with Crippen LogP contribution >= 0.6 is 11.8 Å². The number of H-pyrrole nitrogens is 1. The summed E-state index contributed by atoms with van der Waals surface area (Å²) in [5.74, 6) is 3.51. The third-order valence-corrected chi connectivity index (χ3v) is 3.14. The maximum Gasteiger partial charge on any atom is 0.208 e. The van der Waals surface area contributed by atoms with Crippen molar-refractivity contribution in [1.82, 2.24) is 15.2 Å². The predicted octanol–water partition coefficient (Wildman–Crippen LogP) is 3.38. The second-order valence-corrected chi connectivity index (χ2v) is 4.70. The van der Waals surface area contributed by atoms with Gasteiger partial charge in [-0.1, -0.05) is 18.7 Å². The van der Waals surface area contributed by atoms with E-state index in [1.165, 1.54) is 0 Å². The third kappa shape index (κ3) is 3.49. The Labute approximate surface area is 105 Å². The second kappa shape index (κ2) is 5.72. The third-order valence-electron chi connectivity index (χ3n) is 2.08. The first kappa shape index (κ1) is 12.0. The van der Waals surface area contributed by atoms with Crippen LogP contribution in [0.2, 0.25) is 0 Å². The molecular weight excluding hydrogens is 234 g/mol. The Morgan fingerprint density at radius 3 is 3.00 bits per heavy atom. The predicted molar refractivity (Wildman–Crippen MR) is 69.8 cm³/mol. The highest BCUT2D eigenvalue weighted by atomic mass is 32.2. The van der Waals surface area contributed by atoms with Gasteiger partial charge in [0.15, 0.2) is 0 Å². The van der Waals surface area contributed by atoms with Gasteiger partial charge < -0.3 is 4.42 Å². The summed E-state index contributed by atoms with van der Waals surface area (Å²) in [7, 11) is 0. The largest absolute Gasteiger partial charge is 0.462 e. The van der Waals surface area contributed by atoms with Crippen molar-refractivity contribution >= 4 is 23.9 Å².